The molecule has 0 amide bonds. The van der Waals surface area contributed by atoms with E-state index in [0.717, 1.165) is 0 Å². The molecule has 1 aromatic rings. The molecule has 0 fully saturated rings. The van der Waals surface area contributed by atoms with Crippen molar-refractivity contribution in [2.75, 3.05) is 0 Å². The van der Waals surface area contributed by atoms with Gasteiger partial charge in [0, 0.05) is 11.1 Å². The van der Waals surface area contributed by atoms with Crippen LogP contribution in [0.3, 0.4) is 0 Å². The molecule has 1 atom stereocenters. The van der Waals surface area contributed by atoms with Crippen molar-refractivity contribution in [1.82, 2.24) is 4.37 Å². The lowest BCUT2D eigenvalue weighted by atomic mass is 9.97. The Bertz CT molecular complexity index is 240. The van der Waals surface area contributed by atoms with Crippen molar-refractivity contribution in [2.45, 2.75) is 39.5 Å². The average Bonchev–Trinajstić information content (AvgIpc) is 2.50. The van der Waals surface area contributed by atoms with Gasteiger partial charge in [-0.25, -0.2) is 4.37 Å². The Morgan fingerprint density at radius 3 is 2.58 bits per heavy atom. The minimum Gasteiger partial charge on any atom is -0.324 e. The first-order valence-corrected chi connectivity index (χ1v) is 5.18. The van der Waals surface area contributed by atoms with Gasteiger partial charge in [-0.3, -0.25) is 0 Å². The van der Waals surface area contributed by atoms with E-state index < -0.39 is 0 Å². The molecule has 0 aromatic carbocycles. The lowest BCUT2D eigenvalue weighted by Gasteiger charge is -2.17. The van der Waals surface area contributed by atoms with E-state index in [0.29, 0.717) is 11.8 Å². The molecule has 0 aliphatic carbocycles. The molecule has 1 nitrogen and oxygen atoms in total. The standard InChI is InChI=1S/C10H16NS/c1-5-8(4)10-9(7(2)3)6-11-12-10/h5-8H,1-4H3/q-1. The largest absolute Gasteiger partial charge is 0.324 e. The van der Waals surface area contributed by atoms with E-state index in [1.165, 1.54) is 10.4 Å². The number of nitrogens with zero attached hydrogens (tertiary/aromatic N) is 1. The monoisotopic (exact) mass is 182 g/mol. The summed E-state index contributed by atoms with van der Waals surface area (Å²) in [6, 6.07) is 0. The van der Waals surface area contributed by atoms with Crippen molar-refractivity contribution >= 4 is 11.5 Å². The quantitative estimate of drug-likeness (QED) is 0.651. The van der Waals surface area contributed by atoms with Crippen LogP contribution in [0.15, 0.2) is 6.20 Å². The molecule has 1 unspecified atom stereocenters. The van der Waals surface area contributed by atoms with E-state index in [1.807, 2.05) is 6.20 Å². The van der Waals surface area contributed by atoms with Crippen LogP contribution < -0.4 is 0 Å². The van der Waals surface area contributed by atoms with Gasteiger partial charge in [0.1, 0.15) is 0 Å². The zero-order valence-corrected chi connectivity index (χ0v) is 8.98. The molecular weight excluding hydrogens is 166 g/mol. The first kappa shape index (κ1) is 9.72. The molecule has 2 heteroatoms. The van der Waals surface area contributed by atoms with Crippen molar-refractivity contribution in [3.63, 3.8) is 0 Å². The van der Waals surface area contributed by atoms with Crippen LogP contribution in [0.1, 0.15) is 50.0 Å². The van der Waals surface area contributed by atoms with Gasteiger partial charge in [-0.2, -0.15) is 6.92 Å². The second kappa shape index (κ2) is 4.04. The maximum absolute atomic E-state index is 4.23. The molecule has 1 rings (SSSR count). The first-order valence-electron chi connectivity index (χ1n) is 4.40. The van der Waals surface area contributed by atoms with Crippen LogP contribution in [-0.4, -0.2) is 4.37 Å². The SMILES string of the molecule is C[CH-]C(C)c1sncc1C(C)C. The molecule has 0 aliphatic heterocycles. The summed E-state index contributed by atoms with van der Waals surface area (Å²) in [5, 5.41) is 0. The molecule has 0 N–H and O–H groups in total. The van der Waals surface area contributed by atoms with E-state index >= 15 is 0 Å². The van der Waals surface area contributed by atoms with Gasteiger partial charge in [-0.15, -0.1) is 5.92 Å². The number of aromatic nitrogens is 1. The summed E-state index contributed by atoms with van der Waals surface area (Å²) in [5.41, 5.74) is 1.41. The number of hydrogen-bond acceptors (Lipinski definition) is 2. The Morgan fingerprint density at radius 2 is 2.08 bits per heavy atom. The molecule has 12 heavy (non-hydrogen) atoms. The number of hydrogen-bond donors (Lipinski definition) is 0. The fraction of sp³-hybridized carbons (Fsp3) is 0.600. The van der Waals surface area contributed by atoms with E-state index in [9.17, 15) is 0 Å². The zero-order valence-electron chi connectivity index (χ0n) is 8.16. The smallest absolute Gasteiger partial charge is 0.0443 e. The maximum Gasteiger partial charge on any atom is 0.0443 e. The van der Waals surface area contributed by atoms with Crippen LogP contribution in [0, 0.1) is 6.42 Å². The number of rotatable bonds is 3. The summed E-state index contributed by atoms with van der Waals surface area (Å²) in [4.78, 5) is 1.42. The molecule has 1 heterocycles. The Kier molecular flexibility index (Phi) is 3.27. The van der Waals surface area contributed by atoms with Crippen LogP contribution in [0.2, 0.25) is 0 Å². The average molecular weight is 182 g/mol. The van der Waals surface area contributed by atoms with E-state index in [4.69, 9.17) is 0 Å². The van der Waals surface area contributed by atoms with E-state index in [1.54, 1.807) is 11.5 Å². The molecule has 68 valence electrons. The minimum absolute atomic E-state index is 0.551. The Balaban J connectivity index is 2.91. The lowest BCUT2D eigenvalue weighted by molar-refractivity contribution is 0.817. The highest BCUT2D eigenvalue weighted by molar-refractivity contribution is 7.06. The third-order valence-corrected chi connectivity index (χ3v) is 3.18. The second-order valence-corrected chi connectivity index (χ2v) is 4.26. The van der Waals surface area contributed by atoms with Crippen molar-refractivity contribution in [1.29, 1.82) is 0 Å². The fourth-order valence-electron chi connectivity index (χ4n) is 1.19. The summed E-state index contributed by atoms with van der Waals surface area (Å²) in [7, 11) is 0. The maximum atomic E-state index is 4.23. The molecule has 1 aromatic heterocycles. The van der Waals surface area contributed by atoms with E-state index in [-0.39, 0.29) is 0 Å². The molecule has 0 aliphatic rings. The summed E-state index contributed by atoms with van der Waals surface area (Å²) >= 11 is 1.63. The summed E-state index contributed by atoms with van der Waals surface area (Å²) in [5.74, 6) is 1.15. The summed E-state index contributed by atoms with van der Waals surface area (Å²) < 4.78 is 4.23. The summed E-state index contributed by atoms with van der Waals surface area (Å²) in [6.07, 6.45) is 4.23. The highest BCUT2D eigenvalue weighted by Crippen LogP contribution is 2.30. The first-order chi connectivity index (χ1) is 5.66. The molecule has 0 radical (unpaired) electrons. The van der Waals surface area contributed by atoms with E-state index in [2.05, 4.69) is 38.5 Å². The normalized spacial score (nSPS) is 13.8. The molecular formula is C10H16NS-. The third-order valence-electron chi connectivity index (χ3n) is 2.16. The Morgan fingerprint density at radius 1 is 1.42 bits per heavy atom. The molecule has 0 bridgehead atoms. The van der Waals surface area contributed by atoms with Crippen LogP contribution in [0.5, 0.6) is 0 Å². The highest BCUT2D eigenvalue weighted by atomic mass is 32.1. The molecule has 0 saturated heterocycles. The Labute approximate surface area is 79.0 Å². The van der Waals surface area contributed by atoms with Crippen molar-refractivity contribution in [3.8, 4) is 0 Å². The van der Waals surface area contributed by atoms with Crippen LogP contribution in [0.4, 0.5) is 0 Å². The highest BCUT2D eigenvalue weighted by Gasteiger charge is 2.09. The second-order valence-electron chi connectivity index (χ2n) is 3.42. The van der Waals surface area contributed by atoms with Crippen molar-refractivity contribution in [2.24, 2.45) is 0 Å². The molecule has 0 saturated carbocycles. The van der Waals surface area contributed by atoms with Gasteiger partial charge in [0.2, 0.25) is 0 Å². The minimum atomic E-state index is 0.551. The molecule has 0 spiro atoms. The zero-order chi connectivity index (χ0) is 9.14. The fourth-order valence-corrected chi connectivity index (χ4v) is 2.16. The topological polar surface area (TPSA) is 12.9 Å². The van der Waals surface area contributed by atoms with Crippen LogP contribution in [-0.2, 0) is 0 Å². The van der Waals surface area contributed by atoms with Crippen LogP contribution >= 0.6 is 11.5 Å². The van der Waals surface area contributed by atoms with Gasteiger partial charge in [0.05, 0.1) is 0 Å². The Hall–Kier alpha value is -0.370. The van der Waals surface area contributed by atoms with Gasteiger partial charge in [-0.05, 0) is 23.0 Å². The third kappa shape index (κ3) is 1.86. The van der Waals surface area contributed by atoms with Crippen molar-refractivity contribution < 1.29 is 0 Å². The van der Waals surface area contributed by atoms with Crippen LogP contribution in [0.25, 0.3) is 0 Å². The van der Waals surface area contributed by atoms with Gasteiger partial charge in [-0.1, -0.05) is 20.8 Å². The predicted molar refractivity (Wildman–Crippen MR) is 54.6 cm³/mol. The predicted octanol–water partition coefficient (Wildman–Crippen LogP) is 3.59. The van der Waals surface area contributed by atoms with Gasteiger partial charge >= 0.3 is 0 Å². The summed E-state index contributed by atoms with van der Waals surface area (Å²) in [6.45, 7) is 8.76. The van der Waals surface area contributed by atoms with Gasteiger partial charge in [0.25, 0.3) is 0 Å². The van der Waals surface area contributed by atoms with Crippen molar-refractivity contribution in [3.05, 3.63) is 23.1 Å². The van der Waals surface area contributed by atoms with Gasteiger partial charge in [0.15, 0.2) is 0 Å². The van der Waals surface area contributed by atoms with Gasteiger partial charge < -0.3 is 6.42 Å². The lowest BCUT2D eigenvalue weighted by Crippen LogP contribution is -1.95.